The Labute approximate surface area is 163 Å². The van der Waals surface area contributed by atoms with Crippen molar-refractivity contribution in [3.63, 3.8) is 0 Å². The molecule has 1 aliphatic heterocycles. The first-order valence-corrected chi connectivity index (χ1v) is 9.82. The SMILES string of the molecule is COc1cc(CCc2ccccc2OCC[C@H]2CCCN2C)cc(OC)c1. The van der Waals surface area contributed by atoms with Crippen LogP contribution in [0.5, 0.6) is 17.2 Å². The lowest BCUT2D eigenvalue weighted by Crippen LogP contribution is -2.26. The summed E-state index contributed by atoms with van der Waals surface area (Å²) in [5.41, 5.74) is 2.45. The lowest BCUT2D eigenvalue weighted by Gasteiger charge is -2.20. The van der Waals surface area contributed by atoms with Gasteiger partial charge >= 0.3 is 0 Å². The van der Waals surface area contributed by atoms with Gasteiger partial charge in [0.25, 0.3) is 0 Å². The highest BCUT2D eigenvalue weighted by atomic mass is 16.5. The maximum atomic E-state index is 6.15. The van der Waals surface area contributed by atoms with E-state index in [4.69, 9.17) is 14.2 Å². The van der Waals surface area contributed by atoms with Crippen molar-refractivity contribution in [2.75, 3.05) is 34.4 Å². The lowest BCUT2D eigenvalue weighted by atomic mass is 10.0. The third-order valence-electron chi connectivity index (χ3n) is 5.45. The van der Waals surface area contributed by atoms with Crippen molar-refractivity contribution in [2.24, 2.45) is 0 Å². The molecule has 27 heavy (non-hydrogen) atoms. The van der Waals surface area contributed by atoms with E-state index in [1.807, 2.05) is 6.07 Å². The fourth-order valence-corrected chi connectivity index (χ4v) is 3.79. The summed E-state index contributed by atoms with van der Waals surface area (Å²) in [5, 5.41) is 0. The van der Waals surface area contributed by atoms with Gasteiger partial charge in [-0.05, 0) is 75.0 Å². The van der Waals surface area contributed by atoms with Gasteiger partial charge in [0.1, 0.15) is 17.2 Å². The molecule has 0 N–H and O–H groups in total. The molecule has 0 unspecified atom stereocenters. The Bertz CT molecular complexity index is 709. The summed E-state index contributed by atoms with van der Waals surface area (Å²) in [6, 6.07) is 15.1. The van der Waals surface area contributed by atoms with Crippen LogP contribution in [0.1, 0.15) is 30.4 Å². The highest BCUT2D eigenvalue weighted by molar-refractivity contribution is 5.40. The molecule has 3 rings (SSSR count). The minimum atomic E-state index is 0.668. The first kappa shape index (κ1) is 19.6. The predicted octanol–water partition coefficient (Wildman–Crippen LogP) is 4.35. The molecule has 1 heterocycles. The number of benzene rings is 2. The molecule has 4 nitrogen and oxygen atoms in total. The Balaban J connectivity index is 1.59. The van der Waals surface area contributed by atoms with E-state index in [2.05, 4.69) is 48.3 Å². The highest BCUT2D eigenvalue weighted by Crippen LogP contribution is 2.26. The lowest BCUT2D eigenvalue weighted by molar-refractivity contribution is 0.232. The summed E-state index contributed by atoms with van der Waals surface area (Å²) in [4.78, 5) is 2.45. The van der Waals surface area contributed by atoms with Gasteiger partial charge in [-0.3, -0.25) is 0 Å². The summed E-state index contributed by atoms with van der Waals surface area (Å²) in [7, 11) is 5.58. The van der Waals surface area contributed by atoms with Crippen LogP contribution < -0.4 is 14.2 Å². The van der Waals surface area contributed by atoms with Crippen LogP contribution in [0.4, 0.5) is 0 Å². The van der Waals surface area contributed by atoms with Crippen molar-refractivity contribution in [2.45, 2.75) is 38.1 Å². The van der Waals surface area contributed by atoms with E-state index >= 15 is 0 Å². The molecule has 1 saturated heterocycles. The second-order valence-corrected chi connectivity index (χ2v) is 7.24. The van der Waals surface area contributed by atoms with E-state index in [0.29, 0.717) is 6.04 Å². The Hall–Kier alpha value is -2.20. The molecular weight excluding hydrogens is 338 g/mol. The van der Waals surface area contributed by atoms with Crippen LogP contribution in [0.2, 0.25) is 0 Å². The van der Waals surface area contributed by atoms with Gasteiger partial charge in [-0.1, -0.05) is 18.2 Å². The molecule has 0 spiro atoms. The average Bonchev–Trinajstić information content (AvgIpc) is 3.11. The molecule has 2 aromatic carbocycles. The largest absolute Gasteiger partial charge is 0.497 e. The van der Waals surface area contributed by atoms with Crippen molar-refractivity contribution in [3.8, 4) is 17.2 Å². The maximum Gasteiger partial charge on any atom is 0.122 e. The molecule has 0 aromatic heterocycles. The van der Waals surface area contributed by atoms with Crippen molar-refractivity contribution in [1.29, 1.82) is 0 Å². The van der Waals surface area contributed by atoms with Crippen LogP contribution in [0.3, 0.4) is 0 Å². The maximum absolute atomic E-state index is 6.15. The Morgan fingerprint density at radius 2 is 1.74 bits per heavy atom. The van der Waals surface area contributed by atoms with Crippen molar-refractivity contribution >= 4 is 0 Å². The van der Waals surface area contributed by atoms with Crippen LogP contribution in [-0.2, 0) is 12.8 Å². The number of para-hydroxylation sites is 1. The molecule has 1 aliphatic rings. The zero-order valence-electron chi connectivity index (χ0n) is 16.7. The molecule has 4 heteroatoms. The second kappa shape index (κ2) is 9.65. The van der Waals surface area contributed by atoms with Crippen molar-refractivity contribution in [3.05, 3.63) is 53.6 Å². The quantitative estimate of drug-likeness (QED) is 0.657. The highest BCUT2D eigenvalue weighted by Gasteiger charge is 2.20. The van der Waals surface area contributed by atoms with E-state index in [0.717, 1.165) is 43.1 Å². The minimum absolute atomic E-state index is 0.668. The number of ether oxygens (including phenoxy) is 3. The van der Waals surface area contributed by atoms with Crippen LogP contribution >= 0.6 is 0 Å². The van der Waals surface area contributed by atoms with E-state index < -0.39 is 0 Å². The predicted molar refractivity (Wildman–Crippen MR) is 109 cm³/mol. The van der Waals surface area contributed by atoms with E-state index in [1.54, 1.807) is 14.2 Å². The summed E-state index contributed by atoms with van der Waals surface area (Å²) in [5.74, 6) is 2.66. The van der Waals surface area contributed by atoms with Crippen molar-refractivity contribution in [1.82, 2.24) is 4.90 Å². The fourth-order valence-electron chi connectivity index (χ4n) is 3.79. The smallest absolute Gasteiger partial charge is 0.122 e. The summed E-state index contributed by atoms with van der Waals surface area (Å²) < 4.78 is 16.9. The number of hydrogen-bond donors (Lipinski definition) is 0. The molecule has 1 fully saturated rings. The normalized spacial score (nSPS) is 17.1. The van der Waals surface area contributed by atoms with Crippen LogP contribution in [0, 0.1) is 0 Å². The molecule has 0 bridgehead atoms. The standard InChI is InChI=1S/C23H31NO3/c1-24-13-6-8-20(24)12-14-27-23-9-5-4-7-19(23)11-10-18-15-21(25-2)17-22(16-18)26-3/h4-5,7,9,15-17,20H,6,8,10-14H2,1-3H3/t20-/m1/s1. The molecule has 146 valence electrons. The first-order chi connectivity index (χ1) is 13.2. The van der Waals surface area contributed by atoms with Crippen LogP contribution in [-0.4, -0.2) is 45.4 Å². The molecule has 0 radical (unpaired) electrons. The average molecular weight is 370 g/mol. The summed E-state index contributed by atoms with van der Waals surface area (Å²) in [6.45, 7) is 1.99. The van der Waals surface area contributed by atoms with Gasteiger partial charge in [0, 0.05) is 12.1 Å². The number of rotatable bonds is 9. The van der Waals surface area contributed by atoms with Crippen molar-refractivity contribution < 1.29 is 14.2 Å². The molecular formula is C23H31NO3. The molecule has 2 aromatic rings. The summed E-state index contributed by atoms with van der Waals surface area (Å²) >= 11 is 0. The number of nitrogens with zero attached hydrogens (tertiary/aromatic N) is 1. The molecule has 0 saturated carbocycles. The number of methoxy groups -OCH3 is 2. The second-order valence-electron chi connectivity index (χ2n) is 7.24. The van der Waals surface area contributed by atoms with Gasteiger partial charge in [0.05, 0.1) is 20.8 Å². The van der Waals surface area contributed by atoms with E-state index in [-0.39, 0.29) is 0 Å². The van der Waals surface area contributed by atoms with Crippen LogP contribution in [0.25, 0.3) is 0 Å². The third kappa shape index (κ3) is 5.39. The van der Waals surface area contributed by atoms with Gasteiger partial charge in [-0.2, -0.15) is 0 Å². The van der Waals surface area contributed by atoms with Gasteiger partial charge < -0.3 is 19.1 Å². The van der Waals surface area contributed by atoms with Gasteiger partial charge in [-0.25, -0.2) is 0 Å². The number of likely N-dealkylation sites (tertiary alicyclic amines) is 1. The van der Waals surface area contributed by atoms with Gasteiger partial charge in [0.2, 0.25) is 0 Å². The van der Waals surface area contributed by atoms with Crippen LogP contribution in [0.15, 0.2) is 42.5 Å². The first-order valence-electron chi connectivity index (χ1n) is 9.82. The minimum Gasteiger partial charge on any atom is -0.497 e. The topological polar surface area (TPSA) is 30.9 Å². The number of hydrogen-bond acceptors (Lipinski definition) is 4. The fraction of sp³-hybridized carbons (Fsp3) is 0.478. The van der Waals surface area contributed by atoms with Gasteiger partial charge in [0.15, 0.2) is 0 Å². The monoisotopic (exact) mass is 369 g/mol. The Morgan fingerprint density at radius 3 is 2.41 bits per heavy atom. The summed E-state index contributed by atoms with van der Waals surface area (Å²) in [6.07, 6.45) is 5.54. The molecule has 0 amide bonds. The molecule has 0 aliphatic carbocycles. The number of aryl methyl sites for hydroxylation is 2. The zero-order valence-corrected chi connectivity index (χ0v) is 16.7. The zero-order chi connectivity index (χ0) is 19.1. The van der Waals surface area contributed by atoms with Gasteiger partial charge in [-0.15, -0.1) is 0 Å². The Morgan fingerprint density at radius 1 is 1.00 bits per heavy atom. The third-order valence-corrected chi connectivity index (χ3v) is 5.45. The van der Waals surface area contributed by atoms with E-state index in [9.17, 15) is 0 Å². The molecule has 1 atom stereocenters. The Kier molecular flexibility index (Phi) is 6.99. The van der Waals surface area contributed by atoms with E-state index in [1.165, 1.54) is 30.5 Å².